The first kappa shape index (κ1) is 17.0. The van der Waals surface area contributed by atoms with Gasteiger partial charge in [-0.15, -0.1) is 0 Å². The van der Waals surface area contributed by atoms with Crippen molar-refractivity contribution in [1.82, 2.24) is 5.32 Å². The summed E-state index contributed by atoms with van der Waals surface area (Å²) in [4.78, 5) is 17.1. The third kappa shape index (κ3) is 4.61. The number of nitrogens with zero attached hydrogens (tertiary/aromatic N) is 1. The van der Waals surface area contributed by atoms with Crippen molar-refractivity contribution in [1.29, 1.82) is 0 Å². The Labute approximate surface area is 151 Å². The number of methoxy groups -OCH3 is 1. The number of amides is 1. The molecule has 0 spiro atoms. The molecule has 1 heterocycles. The van der Waals surface area contributed by atoms with Crippen LogP contribution in [0.5, 0.6) is 5.75 Å². The number of ether oxygens (including phenoxy) is 1. The average Bonchev–Trinajstić information content (AvgIpc) is 2.95. The summed E-state index contributed by atoms with van der Waals surface area (Å²) in [5.74, 6) is 1.34. The van der Waals surface area contributed by atoms with E-state index in [1.807, 2.05) is 67.6 Å². The van der Waals surface area contributed by atoms with Crippen molar-refractivity contribution >= 4 is 34.6 Å². The minimum Gasteiger partial charge on any atom is -0.497 e. The topological polar surface area (TPSA) is 50.7 Å². The van der Waals surface area contributed by atoms with Crippen LogP contribution >= 0.6 is 11.8 Å². The maximum Gasteiger partial charge on any atom is 0.289 e. The number of hydrogen-bond acceptors (Lipinski definition) is 4. The largest absolute Gasteiger partial charge is 0.497 e. The Balaban J connectivity index is 1.86. The molecule has 4 nitrogen and oxygen atoms in total. The molecule has 1 fully saturated rings. The summed E-state index contributed by atoms with van der Waals surface area (Å²) >= 11 is 1.15. The van der Waals surface area contributed by atoms with Gasteiger partial charge in [0.25, 0.3) is 5.24 Å². The van der Waals surface area contributed by atoms with Crippen LogP contribution in [-0.2, 0) is 0 Å². The van der Waals surface area contributed by atoms with Crippen molar-refractivity contribution in [2.75, 3.05) is 7.11 Å². The Kier molecular flexibility index (Phi) is 5.36. The zero-order valence-corrected chi connectivity index (χ0v) is 14.8. The van der Waals surface area contributed by atoms with Crippen LogP contribution < -0.4 is 10.1 Å². The normalized spacial score (nSPS) is 17.8. The molecule has 0 unspecified atom stereocenters. The van der Waals surface area contributed by atoms with Crippen molar-refractivity contribution in [3.63, 3.8) is 0 Å². The number of carbonyl (C=O) groups is 1. The molecule has 126 valence electrons. The predicted octanol–water partition coefficient (Wildman–Crippen LogP) is 5.17. The fraction of sp³-hybridized carbons (Fsp3) is 0.100. The van der Waals surface area contributed by atoms with Gasteiger partial charge in [-0.05, 0) is 60.2 Å². The molecule has 0 radical (unpaired) electrons. The molecule has 1 saturated heterocycles. The van der Waals surface area contributed by atoms with Crippen LogP contribution in [0.15, 0.2) is 76.1 Å². The third-order valence-electron chi connectivity index (χ3n) is 3.52. The van der Waals surface area contributed by atoms with Gasteiger partial charge >= 0.3 is 0 Å². The maximum atomic E-state index is 11.8. The zero-order chi connectivity index (χ0) is 17.6. The summed E-state index contributed by atoms with van der Waals surface area (Å²) in [7, 11) is 1.62. The average molecular weight is 350 g/mol. The van der Waals surface area contributed by atoms with Gasteiger partial charge in [-0.3, -0.25) is 4.79 Å². The SMILES string of the molecule is COc1ccc(N=C2NC(=O)S/C2=C\C(C)=C\c2ccccc2)cc1. The van der Waals surface area contributed by atoms with Crippen LogP contribution in [0.2, 0.25) is 0 Å². The Morgan fingerprint density at radius 2 is 1.84 bits per heavy atom. The number of amidine groups is 1. The highest BCUT2D eigenvalue weighted by Crippen LogP contribution is 2.28. The highest BCUT2D eigenvalue weighted by Gasteiger charge is 2.23. The van der Waals surface area contributed by atoms with Gasteiger partial charge in [-0.1, -0.05) is 36.4 Å². The van der Waals surface area contributed by atoms with E-state index in [1.165, 1.54) is 0 Å². The van der Waals surface area contributed by atoms with Gasteiger partial charge in [0.1, 0.15) is 11.6 Å². The number of benzene rings is 2. The number of nitrogens with one attached hydrogen (secondary N) is 1. The van der Waals surface area contributed by atoms with Crippen LogP contribution in [0.25, 0.3) is 6.08 Å². The molecular weight excluding hydrogens is 332 g/mol. The Morgan fingerprint density at radius 3 is 2.52 bits per heavy atom. The van der Waals surface area contributed by atoms with Gasteiger partial charge in [-0.2, -0.15) is 0 Å². The number of hydrogen-bond donors (Lipinski definition) is 1. The molecule has 0 bridgehead atoms. The lowest BCUT2D eigenvalue weighted by Crippen LogP contribution is -2.18. The van der Waals surface area contributed by atoms with Crippen LogP contribution in [0, 0.1) is 0 Å². The van der Waals surface area contributed by atoms with E-state index in [0.29, 0.717) is 5.84 Å². The smallest absolute Gasteiger partial charge is 0.289 e. The Morgan fingerprint density at radius 1 is 1.12 bits per heavy atom. The van der Waals surface area contributed by atoms with E-state index >= 15 is 0 Å². The van der Waals surface area contributed by atoms with E-state index in [2.05, 4.69) is 16.4 Å². The highest BCUT2D eigenvalue weighted by molar-refractivity contribution is 8.18. The van der Waals surface area contributed by atoms with Crippen LogP contribution in [0.3, 0.4) is 0 Å². The molecule has 0 atom stereocenters. The summed E-state index contributed by atoms with van der Waals surface area (Å²) in [5, 5.41) is 2.68. The first-order valence-electron chi connectivity index (χ1n) is 7.81. The fourth-order valence-electron chi connectivity index (χ4n) is 2.36. The van der Waals surface area contributed by atoms with Gasteiger partial charge in [0.05, 0.1) is 17.7 Å². The first-order valence-corrected chi connectivity index (χ1v) is 8.63. The number of allylic oxidation sites excluding steroid dienone is 2. The molecule has 0 aromatic heterocycles. The van der Waals surface area contributed by atoms with Crippen molar-refractivity contribution in [2.45, 2.75) is 6.92 Å². The highest BCUT2D eigenvalue weighted by atomic mass is 32.2. The molecule has 1 amide bonds. The lowest BCUT2D eigenvalue weighted by atomic mass is 10.1. The molecule has 1 aliphatic heterocycles. The molecule has 1 N–H and O–H groups in total. The molecule has 25 heavy (non-hydrogen) atoms. The second kappa shape index (κ2) is 7.85. The van der Waals surface area contributed by atoms with Crippen molar-refractivity contribution in [3.05, 3.63) is 76.7 Å². The first-order chi connectivity index (χ1) is 12.1. The van der Waals surface area contributed by atoms with E-state index < -0.39 is 0 Å². The Hall–Kier alpha value is -2.79. The summed E-state index contributed by atoms with van der Waals surface area (Å²) in [6, 6.07) is 17.5. The molecule has 0 aliphatic carbocycles. The molecule has 2 aromatic carbocycles. The van der Waals surface area contributed by atoms with Gasteiger partial charge in [0.15, 0.2) is 0 Å². The van der Waals surface area contributed by atoms with Gasteiger partial charge in [0, 0.05) is 0 Å². The minimum absolute atomic E-state index is 0.119. The van der Waals surface area contributed by atoms with Gasteiger partial charge < -0.3 is 10.1 Å². The van der Waals surface area contributed by atoms with E-state index in [-0.39, 0.29) is 5.24 Å². The Bertz CT molecular complexity index is 853. The monoisotopic (exact) mass is 350 g/mol. The summed E-state index contributed by atoms with van der Waals surface area (Å²) < 4.78 is 5.15. The molecule has 0 saturated carbocycles. The van der Waals surface area contributed by atoms with Crippen molar-refractivity contribution in [2.24, 2.45) is 4.99 Å². The number of carbonyl (C=O) groups excluding carboxylic acids is 1. The number of rotatable bonds is 4. The van der Waals surface area contributed by atoms with E-state index in [1.54, 1.807) is 7.11 Å². The van der Waals surface area contributed by atoms with E-state index in [0.717, 1.165) is 39.2 Å². The zero-order valence-electron chi connectivity index (χ0n) is 14.0. The van der Waals surface area contributed by atoms with Gasteiger partial charge in [-0.25, -0.2) is 4.99 Å². The molecule has 5 heteroatoms. The second-order valence-corrected chi connectivity index (χ2v) is 6.50. The molecular formula is C20H18N2O2S. The third-order valence-corrected chi connectivity index (χ3v) is 4.34. The standard InChI is InChI=1S/C20H18N2O2S/c1-14(12-15-6-4-3-5-7-15)13-18-19(22-20(23)25-18)21-16-8-10-17(24-2)11-9-16/h3-13H,1-2H3,(H,21,22,23)/b14-12+,18-13-. The predicted molar refractivity (Wildman–Crippen MR) is 104 cm³/mol. The lowest BCUT2D eigenvalue weighted by molar-refractivity contribution is 0.265. The molecule has 2 aromatic rings. The van der Waals surface area contributed by atoms with Crippen LogP contribution in [0.1, 0.15) is 12.5 Å². The minimum atomic E-state index is -0.119. The molecule has 1 aliphatic rings. The quantitative estimate of drug-likeness (QED) is 0.828. The maximum absolute atomic E-state index is 11.8. The van der Waals surface area contributed by atoms with Gasteiger partial charge in [0.2, 0.25) is 0 Å². The summed E-state index contributed by atoms with van der Waals surface area (Å²) in [5.41, 5.74) is 2.93. The summed E-state index contributed by atoms with van der Waals surface area (Å²) in [6.45, 7) is 2.01. The fourth-order valence-corrected chi connectivity index (χ4v) is 3.14. The van der Waals surface area contributed by atoms with E-state index in [4.69, 9.17) is 4.74 Å². The number of aliphatic imine (C=N–C) groups is 1. The van der Waals surface area contributed by atoms with Crippen molar-refractivity contribution in [3.8, 4) is 5.75 Å². The van der Waals surface area contributed by atoms with Crippen LogP contribution in [0.4, 0.5) is 10.5 Å². The van der Waals surface area contributed by atoms with E-state index in [9.17, 15) is 4.79 Å². The summed E-state index contributed by atoms with van der Waals surface area (Å²) in [6.07, 6.45) is 4.04. The number of thioether (sulfide) groups is 1. The van der Waals surface area contributed by atoms with Crippen molar-refractivity contribution < 1.29 is 9.53 Å². The van der Waals surface area contributed by atoms with Crippen LogP contribution in [-0.4, -0.2) is 18.2 Å². The molecule has 3 rings (SSSR count). The second-order valence-electron chi connectivity index (χ2n) is 5.48. The lowest BCUT2D eigenvalue weighted by Gasteiger charge is -2.02.